The highest BCUT2D eigenvalue weighted by Gasteiger charge is 2.69. The molecule has 2 aromatic heterocycles. The summed E-state index contributed by atoms with van der Waals surface area (Å²) < 4.78 is 27.9. The van der Waals surface area contributed by atoms with E-state index in [-0.39, 0.29) is 48.9 Å². The van der Waals surface area contributed by atoms with E-state index in [9.17, 15) is 19.5 Å². The first kappa shape index (κ1) is 40.8. The highest BCUT2D eigenvalue weighted by atomic mass is 16.5. The van der Waals surface area contributed by atoms with Crippen LogP contribution >= 0.6 is 0 Å². The van der Waals surface area contributed by atoms with Gasteiger partial charge in [0.1, 0.15) is 22.9 Å². The van der Waals surface area contributed by atoms with E-state index in [1.54, 1.807) is 55.6 Å². The molecule has 17 nitrogen and oxygen atoms in total. The second-order valence-electron chi connectivity index (χ2n) is 15.9. The first-order chi connectivity index (χ1) is 30.4. The molecule has 9 rings (SSSR count). The summed E-state index contributed by atoms with van der Waals surface area (Å²) in [6.45, 7) is 1.69. The largest absolute Gasteiger partial charge is 0.508 e. The molecule has 3 aliphatic rings. The summed E-state index contributed by atoms with van der Waals surface area (Å²) >= 11 is 0. The molecule has 1 saturated carbocycles. The van der Waals surface area contributed by atoms with Gasteiger partial charge in [0.2, 0.25) is 0 Å². The Kier molecular flexibility index (Phi) is 9.99. The van der Waals surface area contributed by atoms with E-state index in [1.165, 1.54) is 54.5 Å². The first-order valence-electron chi connectivity index (χ1n) is 20.3. The number of imide groups is 1. The molecule has 4 aromatic carbocycles. The number of phenols is 1. The number of anilines is 1. The number of carbonyl (C=O) groups excluding carboxylic acids is 2. The number of phenolic OH excluding ortho intramolecular Hbond substituents is 1. The second-order valence-corrected chi connectivity index (χ2v) is 15.9. The van der Waals surface area contributed by atoms with Crippen LogP contribution in [0.1, 0.15) is 40.8 Å². The summed E-state index contributed by atoms with van der Waals surface area (Å²) in [6, 6.07) is 21.5. The van der Waals surface area contributed by atoms with Crippen LogP contribution in [0.4, 0.5) is 5.69 Å². The molecule has 4 atom stereocenters. The van der Waals surface area contributed by atoms with Gasteiger partial charge in [0, 0.05) is 55.8 Å². The number of hydrogen-bond acceptors (Lipinski definition) is 12. The Hall–Kier alpha value is -7.56. The predicted molar refractivity (Wildman–Crippen MR) is 231 cm³/mol. The molecule has 0 radical (unpaired) electrons. The molecular weight excluding hydrogens is 811 g/mol. The zero-order valence-corrected chi connectivity index (χ0v) is 35.4. The van der Waals surface area contributed by atoms with Crippen molar-refractivity contribution in [2.75, 3.05) is 33.9 Å². The number of benzene rings is 4. The molecule has 2 amide bonds. The van der Waals surface area contributed by atoms with Gasteiger partial charge in [-0.05, 0) is 36.6 Å². The fraction of sp³-hybridized carbons (Fsp3) is 0.304. The van der Waals surface area contributed by atoms with Gasteiger partial charge in [-0.1, -0.05) is 54.1 Å². The first-order valence-corrected chi connectivity index (χ1v) is 20.3. The smallest absolute Gasteiger partial charge is 0.347 e. The van der Waals surface area contributed by atoms with E-state index in [0.29, 0.717) is 44.9 Å². The van der Waals surface area contributed by atoms with Crippen LogP contribution in [0.5, 0.6) is 28.7 Å². The number of nitrogens with one attached hydrogen (secondary N) is 1. The summed E-state index contributed by atoms with van der Waals surface area (Å²) in [5.41, 5.74) is 3.82. The van der Waals surface area contributed by atoms with Crippen molar-refractivity contribution in [3.8, 4) is 28.7 Å². The fourth-order valence-electron chi connectivity index (χ4n) is 9.86. The van der Waals surface area contributed by atoms with Crippen LogP contribution < -0.4 is 41.3 Å². The Morgan fingerprint density at radius 1 is 0.825 bits per heavy atom. The number of hydrazine groups is 1. The molecule has 4 heterocycles. The number of rotatable bonds is 11. The molecule has 0 bridgehead atoms. The monoisotopic (exact) mass is 855 g/mol. The number of methoxy groups -OCH3 is 4. The third kappa shape index (κ3) is 6.12. The number of fused-ring (bicyclic) bond motifs is 5. The van der Waals surface area contributed by atoms with Crippen LogP contribution in [-0.2, 0) is 41.6 Å². The molecule has 2 N–H and O–H groups in total. The summed E-state index contributed by atoms with van der Waals surface area (Å²) in [4.78, 5) is 77.9. The molecule has 1 saturated heterocycles. The fourth-order valence-corrected chi connectivity index (χ4v) is 9.86. The van der Waals surface area contributed by atoms with E-state index < -0.39 is 52.0 Å². The lowest BCUT2D eigenvalue weighted by Gasteiger charge is -2.49. The number of ether oxygens (including phenoxy) is 4. The maximum absolute atomic E-state index is 15.6. The molecule has 2 aliphatic heterocycles. The van der Waals surface area contributed by atoms with Crippen molar-refractivity contribution < 1.29 is 33.6 Å². The Labute approximate surface area is 359 Å². The van der Waals surface area contributed by atoms with Crippen LogP contribution in [0.25, 0.3) is 11.0 Å². The number of amides is 2. The van der Waals surface area contributed by atoms with Crippen LogP contribution in [0, 0.1) is 12.8 Å². The lowest BCUT2D eigenvalue weighted by atomic mass is 9.53. The molecule has 2 fully saturated rings. The summed E-state index contributed by atoms with van der Waals surface area (Å²) in [5, 5.41) is 11.9. The van der Waals surface area contributed by atoms with Crippen LogP contribution in [-0.4, -0.2) is 73.9 Å². The van der Waals surface area contributed by atoms with Gasteiger partial charge < -0.3 is 28.6 Å². The lowest BCUT2D eigenvalue weighted by Crippen LogP contribution is -2.53. The van der Waals surface area contributed by atoms with E-state index in [4.69, 9.17) is 18.9 Å². The Morgan fingerprint density at radius 2 is 1.48 bits per heavy atom. The van der Waals surface area contributed by atoms with Crippen LogP contribution in [0.3, 0.4) is 0 Å². The van der Waals surface area contributed by atoms with Gasteiger partial charge in [-0.15, -0.1) is 0 Å². The van der Waals surface area contributed by atoms with Crippen LogP contribution in [0.2, 0.25) is 0 Å². The van der Waals surface area contributed by atoms with Crippen LogP contribution in [0.15, 0.2) is 105 Å². The number of aryl methyl sites for hydroxylation is 3. The van der Waals surface area contributed by atoms with E-state index in [0.717, 1.165) is 15.1 Å². The Morgan fingerprint density at radius 3 is 2.13 bits per heavy atom. The number of carbonyl (C=O) groups is 2. The van der Waals surface area contributed by atoms with Crippen molar-refractivity contribution >= 4 is 28.5 Å². The summed E-state index contributed by atoms with van der Waals surface area (Å²) in [5.74, 6) is -2.15. The lowest BCUT2D eigenvalue weighted by molar-refractivity contribution is -0.138. The molecular formula is C46H45N7O10. The van der Waals surface area contributed by atoms with Crippen molar-refractivity contribution in [2.45, 2.75) is 50.2 Å². The number of hydrogen-bond donors (Lipinski definition) is 2. The van der Waals surface area contributed by atoms with Gasteiger partial charge in [0.25, 0.3) is 17.4 Å². The molecule has 63 heavy (non-hydrogen) atoms. The zero-order chi connectivity index (χ0) is 44.5. The summed E-state index contributed by atoms with van der Waals surface area (Å²) in [7, 11) is 7.45. The van der Waals surface area contributed by atoms with Gasteiger partial charge in [0.05, 0.1) is 69.1 Å². The van der Waals surface area contributed by atoms with Crippen molar-refractivity contribution in [1.29, 1.82) is 0 Å². The van der Waals surface area contributed by atoms with E-state index in [1.807, 2.05) is 31.2 Å². The Bertz CT molecular complexity index is 3030. The van der Waals surface area contributed by atoms with E-state index in [2.05, 4.69) is 10.4 Å². The minimum absolute atomic E-state index is 0.0436. The van der Waals surface area contributed by atoms with Gasteiger partial charge in [-0.2, -0.15) is 5.01 Å². The summed E-state index contributed by atoms with van der Waals surface area (Å²) in [6.07, 6.45) is 1.72. The average molecular weight is 856 g/mol. The molecule has 0 spiro atoms. The van der Waals surface area contributed by atoms with Gasteiger partial charge in [0.15, 0.2) is 11.5 Å². The average Bonchev–Trinajstić information content (AvgIpc) is 3.67. The highest BCUT2D eigenvalue weighted by Crippen LogP contribution is 2.64. The second kappa shape index (κ2) is 15.4. The SMILES string of the molecule is COc1cc2nc(CCn3c(=O)n4n(c3=O)[C@@H]3C[C@H]5C(=O)N(Nc6ccc(C)cc6)C(=O)[C@@]5(c5ccccc5)[C@@H](c5c(OC)cc(O)cc5OC)C3=CC4)c(=O)n(C)c2cc1OC. The third-order valence-electron chi connectivity index (χ3n) is 12.8. The number of nitrogens with zero attached hydrogens (tertiary/aromatic N) is 6. The molecule has 17 heteroatoms. The number of aromatic nitrogens is 5. The third-order valence-corrected chi connectivity index (χ3v) is 12.8. The van der Waals surface area contributed by atoms with Crippen molar-refractivity contribution in [2.24, 2.45) is 13.0 Å². The van der Waals surface area contributed by atoms with E-state index >= 15 is 9.59 Å². The number of aromatic hydroxyl groups is 1. The normalized spacial score (nSPS) is 20.2. The highest BCUT2D eigenvalue weighted by molar-refractivity contribution is 6.13. The van der Waals surface area contributed by atoms with Gasteiger partial charge >= 0.3 is 11.4 Å². The maximum Gasteiger partial charge on any atom is 0.347 e. The molecule has 1 aliphatic carbocycles. The molecule has 0 unspecified atom stereocenters. The van der Waals surface area contributed by atoms with Crippen molar-refractivity contribution in [3.63, 3.8) is 0 Å². The van der Waals surface area contributed by atoms with Gasteiger partial charge in [-0.3, -0.25) is 19.8 Å². The maximum atomic E-state index is 15.6. The Balaban J connectivity index is 1.20. The quantitative estimate of drug-likeness (QED) is 0.141. The minimum atomic E-state index is -1.64. The number of allylic oxidation sites excluding steroid dienone is 2. The van der Waals surface area contributed by atoms with Gasteiger partial charge in [-0.25, -0.2) is 28.5 Å². The minimum Gasteiger partial charge on any atom is -0.508 e. The standard InChI is InChI=1S/C46H45N7O10/c1-25-12-14-27(15-13-25)48-52-41(55)30-22-33-29(40(39-37(62-5)20-28(54)21-38(39)63-6)46(30,43(52)57)26-10-8-7-9-11-26)16-19-51-44(58)50(45(59)53(33)51)18-17-31-42(56)49(2)34-24-36(61-4)35(60-3)23-32(34)47-31/h7-16,20-21,23-24,30,33,40,48,54H,17-19,22H2,1-6H3/t30-,33+,40+,46+/m0/s1. The topological polar surface area (TPSA) is 190 Å². The van der Waals surface area contributed by atoms with Crippen molar-refractivity contribution in [1.82, 2.24) is 28.5 Å². The molecule has 6 aromatic rings. The predicted octanol–water partition coefficient (Wildman–Crippen LogP) is 3.97. The van der Waals surface area contributed by atoms with Crippen molar-refractivity contribution in [3.05, 3.63) is 144 Å². The zero-order valence-electron chi connectivity index (χ0n) is 35.4. The molecule has 324 valence electrons.